The van der Waals surface area contributed by atoms with E-state index in [1.165, 1.54) is 0 Å². The number of H-pyrrole nitrogens is 1. The smallest absolute Gasteiger partial charge is 0.112 e. The van der Waals surface area contributed by atoms with Crippen molar-refractivity contribution in [2.75, 3.05) is 0 Å². The van der Waals surface area contributed by atoms with Crippen molar-refractivity contribution in [3.05, 3.63) is 24.3 Å². The molecule has 4 heteroatoms. The predicted octanol–water partition coefficient (Wildman–Crippen LogP) is 0.955. The van der Waals surface area contributed by atoms with Crippen LogP contribution in [0.3, 0.4) is 0 Å². The normalized spacial score (nSPS) is 9.20. The molecule has 2 rings (SSSR count). The van der Waals surface area contributed by atoms with Crippen LogP contribution in [0.2, 0.25) is 0 Å². The minimum atomic E-state index is 0. The topological polar surface area (TPSA) is 41.6 Å². The van der Waals surface area contributed by atoms with Crippen LogP contribution in [0.1, 0.15) is 0 Å². The first-order valence-electron chi connectivity index (χ1n) is 2.72. The zero-order chi connectivity index (χ0) is 6.10. The maximum absolute atomic E-state index is 3.81. The first-order valence-corrected chi connectivity index (χ1v) is 2.72. The minimum absolute atomic E-state index is 0. The van der Waals surface area contributed by atoms with Gasteiger partial charge in [0, 0.05) is 22.4 Å². The van der Waals surface area contributed by atoms with Crippen LogP contribution in [0.25, 0.3) is 11.0 Å². The van der Waals surface area contributed by atoms with E-state index in [9.17, 15) is 0 Å². The first-order chi connectivity index (χ1) is 4.47. The van der Waals surface area contributed by atoms with Crippen molar-refractivity contribution in [2.24, 2.45) is 0 Å². The monoisotopic (exact) mass is 226 g/mol. The van der Waals surface area contributed by atoms with Gasteiger partial charge in [-0.2, -0.15) is 0 Å². The number of nitrogens with zero attached hydrogens (tertiary/aromatic N) is 2. The summed E-state index contributed by atoms with van der Waals surface area (Å²) in [6.07, 6.45) is 0. The van der Waals surface area contributed by atoms with Crippen LogP contribution in [0.15, 0.2) is 24.3 Å². The molecule has 2 aromatic rings. The number of aromatic nitrogens is 3. The second-order valence-electron chi connectivity index (χ2n) is 1.83. The summed E-state index contributed by atoms with van der Waals surface area (Å²) in [7, 11) is 0. The third kappa shape index (κ3) is 1.11. The zero-order valence-electron chi connectivity index (χ0n) is 5.01. The Morgan fingerprint density at radius 3 is 2.80 bits per heavy atom. The number of hydrogen-bond acceptors (Lipinski definition) is 2. The number of rotatable bonds is 0. The zero-order valence-corrected chi connectivity index (χ0v) is 6.49. The molecule has 0 atom stereocenters. The van der Waals surface area contributed by atoms with Gasteiger partial charge in [0.25, 0.3) is 0 Å². The van der Waals surface area contributed by atoms with Gasteiger partial charge in [0.1, 0.15) is 5.52 Å². The Morgan fingerprint density at radius 2 is 2.00 bits per heavy atom. The van der Waals surface area contributed by atoms with Crippen molar-refractivity contribution < 1.29 is 22.4 Å². The standard InChI is InChI=1S/C6H5N3.Ag/c1-2-4-6-5(3-1)7-9-8-6;/h1-4H,(H,7,8,9);. The van der Waals surface area contributed by atoms with Crippen LogP contribution in [0.4, 0.5) is 0 Å². The Morgan fingerprint density at radius 1 is 1.20 bits per heavy atom. The third-order valence-electron chi connectivity index (χ3n) is 1.23. The fourth-order valence-corrected chi connectivity index (χ4v) is 0.788. The van der Waals surface area contributed by atoms with Gasteiger partial charge in [-0.1, -0.05) is 17.3 Å². The number of nitrogens with one attached hydrogen (secondary N) is 1. The van der Waals surface area contributed by atoms with Crippen LogP contribution >= 0.6 is 0 Å². The summed E-state index contributed by atoms with van der Waals surface area (Å²) in [6.45, 7) is 0. The molecule has 0 aliphatic rings. The fourth-order valence-electron chi connectivity index (χ4n) is 0.788. The summed E-state index contributed by atoms with van der Waals surface area (Å²) in [4.78, 5) is 0. The Labute approximate surface area is 73.3 Å². The summed E-state index contributed by atoms with van der Waals surface area (Å²) < 4.78 is 0. The van der Waals surface area contributed by atoms with Crippen molar-refractivity contribution in [2.45, 2.75) is 0 Å². The molecule has 55 valence electrons. The molecule has 0 aliphatic heterocycles. The van der Waals surface area contributed by atoms with Crippen LogP contribution in [0.5, 0.6) is 0 Å². The molecule has 0 amide bonds. The molecule has 0 bridgehead atoms. The van der Waals surface area contributed by atoms with Crippen molar-refractivity contribution in [3.63, 3.8) is 0 Å². The van der Waals surface area contributed by atoms with E-state index >= 15 is 0 Å². The SMILES string of the molecule is [Ag].c1ccc2[nH]nnc2c1. The second kappa shape index (κ2) is 2.96. The summed E-state index contributed by atoms with van der Waals surface area (Å²) >= 11 is 0. The largest absolute Gasteiger partial charge is 0.258 e. The van der Waals surface area contributed by atoms with Crippen LogP contribution < -0.4 is 0 Å². The molecule has 0 saturated carbocycles. The molecule has 0 aliphatic carbocycles. The fraction of sp³-hybridized carbons (Fsp3) is 0. The van der Waals surface area contributed by atoms with Crippen LogP contribution in [-0.4, -0.2) is 15.4 Å². The Hall–Kier alpha value is -0.640. The molecular weight excluding hydrogens is 222 g/mol. The average molecular weight is 227 g/mol. The number of hydrogen-bond donors (Lipinski definition) is 1. The summed E-state index contributed by atoms with van der Waals surface area (Å²) in [6, 6.07) is 7.74. The first kappa shape index (κ1) is 7.47. The number of aromatic amines is 1. The third-order valence-corrected chi connectivity index (χ3v) is 1.23. The molecule has 1 N–H and O–H groups in total. The molecule has 0 saturated heterocycles. The van der Waals surface area contributed by atoms with Gasteiger partial charge in [-0.25, -0.2) is 0 Å². The molecule has 0 spiro atoms. The van der Waals surface area contributed by atoms with Crippen molar-refractivity contribution in [1.29, 1.82) is 0 Å². The Bertz CT molecular complexity index is 287. The van der Waals surface area contributed by atoms with Crippen molar-refractivity contribution in [3.8, 4) is 0 Å². The molecular formula is C6H5AgN3. The van der Waals surface area contributed by atoms with Crippen molar-refractivity contribution in [1.82, 2.24) is 15.4 Å². The average Bonchev–Trinajstić information content (AvgIpc) is 2.33. The Balaban J connectivity index is 0.000000500. The van der Waals surface area contributed by atoms with E-state index in [-0.39, 0.29) is 22.4 Å². The van der Waals surface area contributed by atoms with Gasteiger partial charge in [-0.3, -0.25) is 5.10 Å². The maximum Gasteiger partial charge on any atom is 0.112 e. The predicted molar refractivity (Wildman–Crippen MR) is 33.9 cm³/mol. The van der Waals surface area contributed by atoms with Gasteiger partial charge in [-0.15, -0.1) is 5.10 Å². The number of para-hydroxylation sites is 1. The van der Waals surface area contributed by atoms with Gasteiger partial charge in [-0.05, 0) is 12.1 Å². The van der Waals surface area contributed by atoms with E-state index in [0.717, 1.165) is 11.0 Å². The van der Waals surface area contributed by atoms with Crippen LogP contribution in [-0.2, 0) is 22.4 Å². The quantitative estimate of drug-likeness (QED) is 0.681. The van der Waals surface area contributed by atoms with Gasteiger partial charge in [0.15, 0.2) is 0 Å². The van der Waals surface area contributed by atoms with E-state index < -0.39 is 0 Å². The molecule has 1 heterocycles. The molecule has 0 unspecified atom stereocenters. The molecule has 1 radical (unpaired) electrons. The molecule has 3 nitrogen and oxygen atoms in total. The van der Waals surface area contributed by atoms with E-state index in [1.54, 1.807) is 0 Å². The van der Waals surface area contributed by atoms with E-state index in [4.69, 9.17) is 0 Å². The second-order valence-corrected chi connectivity index (χ2v) is 1.83. The minimum Gasteiger partial charge on any atom is -0.258 e. The maximum atomic E-state index is 3.81. The molecule has 0 fully saturated rings. The van der Waals surface area contributed by atoms with Crippen LogP contribution in [0, 0.1) is 0 Å². The van der Waals surface area contributed by atoms with Gasteiger partial charge >= 0.3 is 0 Å². The summed E-state index contributed by atoms with van der Waals surface area (Å²) in [5, 5.41) is 10.2. The van der Waals surface area contributed by atoms with Gasteiger partial charge in [0.05, 0.1) is 5.52 Å². The van der Waals surface area contributed by atoms with Crippen molar-refractivity contribution >= 4 is 11.0 Å². The summed E-state index contributed by atoms with van der Waals surface area (Å²) in [5.74, 6) is 0. The molecule has 1 aromatic carbocycles. The molecule has 10 heavy (non-hydrogen) atoms. The van der Waals surface area contributed by atoms with E-state index in [0.29, 0.717) is 0 Å². The molecule has 1 aromatic heterocycles. The van der Waals surface area contributed by atoms with E-state index in [2.05, 4.69) is 15.4 Å². The van der Waals surface area contributed by atoms with Gasteiger partial charge in [0.2, 0.25) is 0 Å². The summed E-state index contributed by atoms with van der Waals surface area (Å²) in [5.41, 5.74) is 1.90. The van der Waals surface area contributed by atoms with Gasteiger partial charge < -0.3 is 0 Å². The number of benzene rings is 1. The van der Waals surface area contributed by atoms with E-state index in [1.807, 2.05) is 24.3 Å². The number of fused-ring (bicyclic) bond motifs is 1. The Kier molecular flexibility index (Phi) is 2.21.